The highest BCUT2D eigenvalue weighted by Crippen LogP contribution is 1.94. The van der Waals surface area contributed by atoms with Crippen LogP contribution in [0.3, 0.4) is 0 Å². The predicted molar refractivity (Wildman–Crippen MR) is 42.5 cm³/mol. The highest BCUT2D eigenvalue weighted by molar-refractivity contribution is 5.76. The van der Waals surface area contributed by atoms with Crippen LogP contribution in [-0.2, 0) is 4.79 Å². The zero-order valence-electron chi connectivity index (χ0n) is 6.90. The Morgan fingerprint density at radius 1 is 1.40 bits per heavy atom. The summed E-state index contributed by atoms with van der Waals surface area (Å²) in [4.78, 5) is 10.7. The van der Waals surface area contributed by atoms with Gasteiger partial charge in [-0.2, -0.15) is 0 Å². The summed E-state index contributed by atoms with van der Waals surface area (Å²) in [7, 11) is 0. The molecule has 0 aromatic heterocycles. The number of carbonyl (C=O) groups is 1. The molecule has 0 aliphatic rings. The summed E-state index contributed by atoms with van der Waals surface area (Å²) in [5.74, 6) is 0.0767. The number of hydrogen-bond donors (Lipinski definition) is 1. The van der Waals surface area contributed by atoms with Crippen LogP contribution in [0.5, 0.6) is 0 Å². The van der Waals surface area contributed by atoms with Gasteiger partial charge in [0.15, 0.2) is 0 Å². The lowest BCUT2D eigenvalue weighted by Gasteiger charge is -1.97. The van der Waals surface area contributed by atoms with Gasteiger partial charge >= 0.3 is 0 Å². The topological polar surface area (TPSA) is 29.1 Å². The quantitative estimate of drug-likeness (QED) is 0.638. The van der Waals surface area contributed by atoms with Gasteiger partial charge in [0.05, 0.1) is 0 Å². The molecule has 0 aromatic carbocycles. The number of nitrogens with one attached hydrogen (secondary N) is 1. The van der Waals surface area contributed by atoms with Crippen LogP contribution in [0, 0.1) is 0 Å². The van der Waals surface area contributed by atoms with Crippen molar-refractivity contribution in [1.29, 1.82) is 0 Å². The van der Waals surface area contributed by atoms with Crippen LogP contribution in [0.25, 0.3) is 0 Å². The average Bonchev–Trinajstić information content (AvgIpc) is 1.99. The van der Waals surface area contributed by atoms with Crippen molar-refractivity contribution in [2.75, 3.05) is 0 Å². The predicted octanol–water partition coefficient (Wildman–Crippen LogP) is 1.83. The van der Waals surface area contributed by atoms with E-state index < -0.39 is 0 Å². The molecule has 0 saturated heterocycles. The molecule has 1 N–H and O–H groups in total. The Morgan fingerprint density at radius 2 is 2.00 bits per heavy atom. The fraction of sp³-hybridized carbons (Fsp3) is 0.625. The minimum Gasteiger partial charge on any atom is -0.333 e. The summed E-state index contributed by atoms with van der Waals surface area (Å²) in [6.07, 6.45) is 3.31. The number of hydrogen-bond acceptors (Lipinski definition) is 1. The van der Waals surface area contributed by atoms with E-state index in [2.05, 4.69) is 12.2 Å². The van der Waals surface area contributed by atoms with E-state index in [1.807, 2.05) is 13.8 Å². The molecule has 0 bridgehead atoms. The molecule has 58 valence electrons. The molecule has 10 heavy (non-hydrogen) atoms. The number of rotatable bonds is 3. The highest BCUT2D eigenvalue weighted by Gasteiger charge is 1.90. The lowest BCUT2D eigenvalue weighted by atomic mass is 10.2. The first kappa shape index (κ1) is 9.21. The van der Waals surface area contributed by atoms with Crippen LogP contribution in [0.4, 0.5) is 0 Å². The van der Waals surface area contributed by atoms with Gasteiger partial charge in [-0.25, -0.2) is 0 Å². The van der Waals surface area contributed by atoms with Crippen molar-refractivity contribution in [2.45, 2.75) is 33.6 Å². The third kappa shape index (κ3) is 4.13. The van der Waals surface area contributed by atoms with Gasteiger partial charge in [-0.3, -0.25) is 4.79 Å². The molecule has 1 amide bonds. The van der Waals surface area contributed by atoms with Gasteiger partial charge < -0.3 is 5.32 Å². The van der Waals surface area contributed by atoms with Crippen molar-refractivity contribution in [3.8, 4) is 0 Å². The monoisotopic (exact) mass is 141 g/mol. The third-order valence-electron chi connectivity index (χ3n) is 1.36. The Bertz CT molecular complexity index is 138. The van der Waals surface area contributed by atoms with Crippen LogP contribution < -0.4 is 5.32 Å². The SMILES string of the molecule is CCC(=O)N/C=C(\C)CC. The largest absolute Gasteiger partial charge is 0.333 e. The van der Waals surface area contributed by atoms with Gasteiger partial charge in [-0.15, -0.1) is 0 Å². The van der Waals surface area contributed by atoms with Gasteiger partial charge in [0.25, 0.3) is 0 Å². The van der Waals surface area contributed by atoms with E-state index in [-0.39, 0.29) is 5.91 Å². The van der Waals surface area contributed by atoms with Crippen molar-refractivity contribution < 1.29 is 4.79 Å². The second-order valence-corrected chi connectivity index (χ2v) is 2.27. The molecule has 0 aromatic rings. The normalized spacial score (nSPS) is 11.3. The molecule has 0 aliphatic carbocycles. The van der Waals surface area contributed by atoms with Gasteiger partial charge in [-0.05, 0) is 13.3 Å². The van der Waals surface area contributed by atoms with Gasteiger partial charge in [-0.1, -0.05) is 19.4 Å². The van der Waals surface area contributed by atoms with Crippen LogP contribution >= 0.6 is 0 Å². The summed E-state index contributed by atoms with van der Waals surface area (Å²) in [6.45, 7) is 5.89. The summed E-state index contributed by atoms with van der Waals surface area (Å²) < 4.78 is 0. The molecule has 0 atom stereocenters. The fourth-order valence-electron chi connectivity index (χ4n) is 0.408. The molecule has 0 aliphatic heterocycles. The molecule has 2 nitrogen and oxygen atoms in total. The van der Waals surface area contributed by atoms with Crippen molar-refractivity contribution >= 4 is 5.91 Å². The minimum absolute atomic E-state index is 0.0767. The van der Waals surface area contributed by atoms with E-state index >= 15 is 0 Å². The molecule has 2 heteroatoms. The Morgan fingerprint density at radius 3 is 2.40 bits per heavy atom. The smallest absolute Gasteiger partial charge is 0.223 e. The van der Waals surface area contributed by atoms with E-state index in [4.69, 9.17) is 0 Å². The second kappa shape index (κ2) is 5.03. The molecular weight excluding hydrogens is 126 g/mol. The molecule has 0 fully saturated rings. The Labute approximate surface area is 62.3 Å². The van der Waals surface area contributed by atoms with Crippen molar-refractivity contribution in [2.24, 2.45) is 0 Å². The van der Waals surface area contributed by atoms with Crippen molar-refractivity contribution in [3.05, 3.63) is 11.8 Å². The lowest BCUT2D eigenvalue weighted by molar-refractivity contribution is -0.119. The molecule has 0 saturated carbocycles. The fourth-order valence-corrected chi connectivity index (χ4v) is 0.408. The molecular formula is C8H15NO. The van der Waals surface area contributed by atoms with E-state index in [0.717, 1.165) is 6.42 Å². The zero-order chi connectivity index (χ0) is 7.98. The van der Waals surface area contributed by atoms with Gasteiger partial charge in [0, 0.05) is 12.6 Å². The molecule has 0 unspecified atom stereocenters. The number of carbonyl (C=O) groups excluding carboxylic acids is 1. The molecule has 0 rings (SSSR count). The van der Waals surface area contributed by atoms with Gasteiger partial charge in [0.1, 0.15) is 0 Å². The summed E-state index contributed by atoms with van der Waals surface area (Å²) >= 11 is 0. The molecule has 0 heterocycles. The maximum atomic E-state index is 10.7. The van der Waals surface area contributed by atoms with Gasteiger partial charge in [0.2, 0.25) is 5.91 Å². The standard InChI is InChI=1S/C8H15NO/c1-4-7(3)6-9-8(10)5-2/h6H,4-5H2,1-3H3,(H,9,10)/b7-6+. The molecule has 0 radical (unpaired) electrons. The van der Waals surface area contributed by atoms with Crippen LogP contribution in [0.2, 0.25) is 0 Å². The van der Waals surface area contributed by atoms with Crippen LogP contribution in [-0.4, -0.2) is 5.91 Å². The van der Waals surface area contributed by atoms with Crippen LogP contribution in [0.1, 0.15) is 33.6 Å². The van der Waals surface area contributed by atoms with Crippen molar-refractivity contribution in [1.82, 2.24) is 5.32 Å². The zero-order valence-corrected chi connectivity index (χ0v) is 6.90. The van der Waals surface area contributed by atoms with E-state index in [0.29, 0.717) is 6.42 Å². The average molecular weight is 141 g/mol. The maximum absolute atomic E-state index is 10.7. The second-order valence-electron chi connectivity index (χ2n) is 2.27. The molecule has 0 spiro atoms. The first-order valence-electron chi connectivity index (χ1n) is 3.65. The third-order valence-corrected chi connectivity index (χ3v) is 1.36. The Balaban J connectivity index is 3.61. The summed E-state index contributed by atoms with van der Waals surface area (Å²) in [5.41, 5.74) is 1.20. The van der Waals surface area contributed by atoms with E-state index in [1.54, 1.807) is 6.20 Å². The summed E-state index contributed by atoms with van der Waals surface area (Å²) in [6, 6.07) is 0. The van der Waals surface area contributed by atoms with Crippen LogP contribution in [0.15, 0.2) is 11.8 Å². The first-order chi connectivity index (χ1) is 4.70. The number of allylic oxidation sites excluding steroid dienone is 1. The highest BCUT2D eigenvalue weighted by atomic mass is 16.1. The number of amides is 1. The van der Waals surface area contributed by atoms with E-state index in [9.17, 15) is 4.79 Å². The van der Waals surface area contributed by atoms with Crippen molar-refractivity contribution in [3.63, 3.8) is 0 Å². The first-order valence-corrected chi connectivity index (χ1v) is 3.65. The summed E-state index contributed by atoms with van der Waals surface area (Å²) in [5, 5.41) is 2.68. The Hall–Kier alpha value is -0.790. The minimum atomic E-state index is 0.0767. The maximum Gasteiger partial charge on any atom is 0.223 e. The Kier molecular flexibility index (Phi) is 4.63. The lowest BCUT2D eigenvalue weighted by Crippen LogP contribution is -2.15. The van der Waals surface area contributed by atoms with E-state index in [1.165, 1.54) is 5.57 Å².